The number of hydrogen-bond donors (Lipinski definition) is 0. The molecule has 0 spiro atoms. The number of aromatic nitrogens is 1. The van der Waals surface area contributed by atoms with E-state index in [4.69, 9.17) is 4.74 Å². The third kappa shape index (κ3) is 5.36. The maximum absolute atomic E-state index is 13.2. The van der Waals surface area contributed by atoms with Gasteiger partial charge in [0.15, 0.2) is 9.84 Å². The minimum Gasteiger partial charge on any atom is -0.492 e. The molecule has 0 bridgehead atoms. The number of alkyl halides is 3. The summed E-state index contributed by atoms with van der Waals surface area (Å²) < 4.78 is 68.7. The van der Waals surface area contributed by atoms with Gasteiger partial charge in [-0.25, -0.2) is 8.42 Å². The van der Waals surface area contributed by atoms with Crippen LogP contribution in [0.1, 0.15) is 48.0 Å². The number of ether oxygens (including phenoxy) is 1. The molecule has 0 atom stereocenters. The first-order valence-electron chi connectivity index (χ1n) is 9.46. The number of sulfone groups is 1. The number of carbonyl (C=O) groups excluding carboxylic acids is 1. The molecule has 0 fully saturated rings. The van der Waals surface area contributed by atoms with E-state index in [1.807, 2.05) is 20.8 Å². The first kappa shape index (κ1) is 23.1. The number of benzene rings is 1. The van der Waals surface area contributed by atoms with Crippen LogP contribution in [0.4, 0.5) is 13.2 Å². The molecule has 2 aromatic rings. The molecule has 0 aliphatic carbocycles. The van der Waals surface area contributed by atoms with Crippen LogP contribution < -0.4 is 4.74 Å². The Morgan fingerprint density at radius 2 is 1.84 bits per heavy atom. The second kappa shape index (κ2) is 7.81. The summed E-state index contributed by atoms with van der Waals surface area (Å²) in [4.78, 5) is 18.4. The molecule has 1 aromatic heterocycles. The van der Waals surface area contributed by atoms with E-state index in [1.54, 1.807) is 0 Å². The lowest BCUT2D eigenvalue weighted by Crippen LogP contribution is -2.27. The first-order chi connectivity index (χ1) is 14.1. The maximum atomic E-state index is 13.2. The molecule has 31 heavy (non-hydrogen) atoms. The molecule has 6 nitrogen and oxygen atoms in total. The molecule has 1 aromatic carbocycles. The fourth-order valence-corrected chi connectivity index (χ4v) is 3.70. The molecule has 0 unspecified atom stereocenters. The molecule has 1 aliphatic rings. The van der Waals surface area contributed by atoms with Gasteiger partial charge in [-0.05, 0) is 35.2 Å². The summed E-state index contributed by atoms with van der Waals surface area (Å²) in [7, 11) is -3.58. The van der Waals surface area contributed by atoms with Crippen LogP contribution in [0.25, 0.3) is 0 Å². The molecular formula is C21H23F3N2O4S. The zero-order chi connectivity index (χ0) is 23.2. The molecule has 168 valence electrons. The van der Waals surface area contributed by atoms with Gasteiger partial charge in [0, 0.05) is 19.0 Å². The van der Waals surface area contributed by atoms with Crippen LogP contribution in [0.3, 0.4) is 0 Å². The summed E-state index contributed by atoms with van der Waals surface area (Å²) in [5.41, 5.74) is -0.375. The Bertz CT molecular complexity index is 1120. The smallest absolute Gasteiger partial charge is 0.417 e. The van der Waals surface area contributed by atoms with Gasteiger partial charge >= 0.3 is 6.18 Å². The number of nitrogens with zero attached hydrogens (tertiary/aromatic N) is 2. The van der Waals surface area contributed by atoms with Crippen molar-refractivity contribution in [1.29, 1.82) is 0 Å². The number of halogens is 3. The van der Waals surface area contributed by atoms with Crippen molar-refractivity contribution in [3.05, 3.63) is 52.8 Å². The lowest BCUT2D eigenvalue weighted by Gasteiger charge is -2.22. The van der Waals surface area contributed by atoms with Crippen LogP contribution in [0.2, 0.25) is 0 Å². The Hall–Kier alpha value is -2.62. The highest BCUT2D eigenvalue weighted by molar-refractivity contribution is 7.90. The van der Waals surface area contributed by atoms with Crippen molar-refractivity contribution in [3.8, 4) is 5.75 Å². The lowest BCUT2D eigenvalue weighted by atomic mass is 9.98. The highest BCUT2D eigenvalue weighted by Crippen LogP contribution is 2.33. The number of fused-ring (bicyclic) bond motifs is 1. The molecule has 2 heterocycles. The predicted octanol–water partition coefficient (Wildman–Crippen LogP) is 4.08. The van der Waals surface area contributed by atoms with Gasteiger partial charge in [0.25, 0.3) is 5.91 Å². The van der Waals surface area contributed by atoms with Crippen molar-refractivity contribution < 1.29 is 31.1 Å². The topological polar surface area (TPSA) is 76.6 Å². The highest BCUT2D eigenvalue weighted by Gasteiger charge is 2.34. The Kier molecular flexibility index (Phi) is 5.81. The van der Waals surface area contributed by atoms with E-state index in [9.17, 15) is 26.4 Å². The Labute approximate surface area is 179 Å². The lowest BCUT2D eigenvalue weighted by molar-refractivity contribution is -0.137. The van der Waals surface area contributed by atoms with E-state index in [0.717, 1.165) is 18.5 Å². The van der Waals surface area contributed by atoms with E-state index >= 15 is 0 Å². The Balaban J connectivity index is 1.94. The van der Waals surface area contributed by atoms with Crippen LogP contribution in [0, 0.1) is 5.41 Å². The molecular weight excluding hydrogens is 433 g/mol. The second-order valence-electron chi connectivity index (χ2n) is 8.77. The molecule has 0 N–H and O–H groups in total. The normalized spacial score (nSPS) is 14.5. The quantitative estimate of drug-likeness (QED) is 0.693. The molecule has 0 radical (unpaired) electrons. The fraction of sp³-hybridized carbons (Fsp3) is 0.429. The maximum Gasteiger partial charge on any atom is 0.417 e. The van der Waals surface area contributed by atoms with E-state index < -0.39 is 27.5 Å². The zero-order valence-electron chi connectivity index (χ0n) is 17.6. The predicted molar refractivity (Wildman–Crippen MR) is 107 cm³/mol. The molecule has 1 amide bonds. The summed E-state index contributed by atoms with van der Waals surface area (Å²) in [6.45, 7) is 6.07. The van der Waals surface area contributed by atoms with Gasteiger partial charge in [0.1, 0.15) is 5.75 Å². The Morgan fingerprint density at radius 3 is 2.42 bits per heavy atom. The SMILES string of the molecule is CC(C)(C)COc1ccc(S(C)(=O)=O)cc1C(=O)N1Cc2cc(C(F)(F)F)cnc2C1. The third-order valence-electron chi connectivity index (χ3n) is 4.65. The number of hydrogen-bond acceptors (Lipinski definition) is 5. The number of carbonyl (C=O) groups is 1. The standard InChI is InChI=1S/C21H23F3N2O4S/c1-20(2,3)12-30-18-6-5-15(31(4,28)29)8-16(18)19(27)26-10-13-7-14(21(22,23)24)9-25-17(13)11-26/h5-9H,10-12H2,1-4H3. The molecule has 0 saturated heterocycles. The van der Waals surface area contributed by atoms with Crippen LogP contribution in [-0.2, 0) is 29.1 Å². The zero-order valence-corrected chi connectivity index (χ0v) is 18.4. The van der Waals surface area contributed by atoms with Gasteiger partial charge in [0.05, 0.1) is 34.9 Å². The van der Waals surface area contributed by atoms with Gasteiger partial charge in [-0.1, -0.05) is 20.8 Å². The van der Waals surface area contributed by atoms with Crippen molar-refractivity contribution in [2.24, 2.45) is 5.41 Å². The monoisotopic (exact) mass is 456 g/mol. The summed E-state index contributed by atoms with van der Waals surface area (Å²) in [5, 5.41) is 0. The summed E-state index contributed by atoms with van der Waals surface area (Å²) in [6, 6.07) is 5.02. The molecule has 3 rings (SSSR count). The van der Waals surface area contributed by atoms with Crippen LogP contribution in [0.15, 0.2) is 35.4 Å². The number of amides is 1. The second-order valence-corrected chi connectivity index (χ2v) is 10.8. The van der Waals surface area contributed by atoms with Crippen molar-refractivity contribution in [2.45, 2.75) is 44.9 Å². The molecule has 10 heteroatoms. The van der Waals surface area contributed by atoms with E-state index in [0.29, 0.717) is 11.3 Å². The van der Waals surface area contributed by atoms with E-state index in [-0.39, 0.29) is 41.3 Å². The van der Waals surface area contributed by atoms with Gasteiger partial charge in [-0.15, -0.1) is 0 Å². The van der Waals surface area contributed by atoms with E-state index in [2.05, 4.69) is 4.98 Å². The van der Waals surface area contributed by atoms with Crippen molar-refractivity contribution in [3.63, 3.8) is 0 Å². The minimum atomic E-state index is -4.53. The summed E-state index contributed by atoms with van der Waals surface area (Å²) in [5.74, 6) is -0.326. The fourth-order valence-electron chi connectivity index (χ4n) is 3.06. The van der Waals surface area contributed by atoms with Gasteiger partial charge in [0.2, 0.25) is 0 Å². The average molecular weight is 456 g/mol. The van der Waals surface area contributed by atoms with Gasteiger partial charge in [-0.3, -0.25) is 9.78 Å². The van der Waals surface area contributed by atoms with Crippen LogP contribution in [-0.4, -0.2) is 37.1 Å². The Morgan fingerprint density at radius 1 is 1.16 bits per heavy atom. The van der Waals surface area contributed by atoms with Crippen LogP contribution in [0.5, 0.6) is 5.75 Å². The molecule has 0 saturated carbocycles. The van der Waals surface area contributed by atoms with Crippen molar-refractivity contribution in [1.82, 2.24) is 9.88 Å². The minimum absolute atomic E-state index is 0.0219. The van der Waals surface area contributed by atoms with Crippen molar-refractivity contribution in [2.75, 3.05) is 12.9 Å². The summed E-state index contributed by atoms with van der Waals surface area (Å²) >= 11 is 0. The first-order valence-corrected chi connectivity index (χ1v) is 11.4. The molecule has 1 aliphatic heterocycles. The summed E-state index contributed by atoms with van der Waals surface area (Å²) in [6.07, 6.45) is -2.76. The third-order valence-corrected chi connectivity index (χ3v) is 5.76. The van der Waals surface area contributed by atoms with Gasteiger partial charge < -0.3 is 9.64 Å². The van der Waals surface area contributed by atoms with Crippen molar-refractivity contribution >= 4 is 15.7 Å². The highest BCUT2D eigenvalue weighted by atomic mass is 32.2. The van der Waals surface area contributed by atoms with E-state index in [1.165, 1.54) is 23.1 Å². The van der Waals surface area contributed by atoms with Gasteiger partial charge in [-0.2, -0.15) is 13.2 Å². The van der Waals surface area contributed by atoms with Crippen LogP contribution >= 0.6 is 0 Å². The average Bonchev–Trinajstić information content (AvgIpc) is 3.07. The number of pyridine rings is 1. The largest absolute Gasteiger partial charge is 0.492 e. The number of rotatable bonds is 4.